The molecule has 0 spiro atoms. The van der Waals surface area contributed by atoms with Crippen LogP contribution in [0.2, 0.25) is 0 Å². The smallest absolute Gasteiger partial charge is 0.353 e. The number of unbranched alkanes of at least 4 members (excludes halogenated alkanes) is 1. The highest BCUT2D eigenvalue weighted by molar-refractivity contribution is 9.08. The van der Waals surface area contributed by atoms with Crippen LogP contribution >= 0.6 is 27.9 Å². The van der Waals surface area contributed by atoms with E-state index in [-0.39, 0.29) is 6.42 Å². The predicted molar refractivity (Wildman–Crippen MR) is 52.1 cm³/mol. The third-order valence-electron chi connectivity index (χ3n) is 1.60. The molecule has 0 aliphatic rings. The summed E-state index contributed by atoms with van der Waals surface area (Å²) >= 11 is 8.03. The molecule has 78 valence electrons. The second-order valence-corrected chi connectivity index (χ2v) is 4.06. The maximum Gasteiger partial charge on any atom is 0.353 e. The summed E-state index contributed by atoms with van der Waals surface area (Å²) < 4.78 is 0.582. The van der Waals surface area contributed by atoms with Crippen LogP contribution in [0, 0.1) is 0 Å². The number of aliphatic hydroxyl groups is 1. The second kappa shape index (κ2) is 5.77. The molecule has 0 bridgehead atoms. The van der Waals surface area contributed by atoms with Crippen molar-refractivity contribution in [3.8, 4) is 0 Å². The minimum absolute atomic E-state index is 0.0221. The van der Waals surface area contributed by atoms with Gasteiger partial charge in [-0.1, -0.05) is 0 Å². The normalized spacial score (nSPS) is 15.8. The van der Waals surface area contributed by atoms with Gasteiger partial charge >= 0.3 is 5.97 Å². The van der Waals surface area contributed by atoms with Crippen molar-refractivity contribution in [2.75, 3.05) is 6.54 Å². The van der Waals surface area contributed by atoms with Crippen molar-refractivity contribution in [1.29, 1.82) is 0 Å². The molecule has 5 nitrogen and oxygen atoms in total. The first-order valence-corrected chi connectivity index (χ1v) is 4.77. The number of carboxylic acid groups (broad SMARTS) is 1. The molecule has 0 aromatic heterocycles. The van der Waals surface area contributed by atoms with Gasteiger partial charge in [0.15, 0.2) is 0 Å². The third kappa shape index (κ3) is 3.78. The monoisotopic (exact) mass is 274 g/mol. The average Bonchev–Trinajstić information content (AvgIpc) is 2.03. The first-order chi connectivity index (χ1) is 5.95. The van der Waals surface area contributed by atoms with Crippen molar-refractivity contribution in [2.24, 2.45) is 5.73 Å². The minimum Gasteiger partial charge on any atom is -0.478 e. The molecule has 0 saturated carbocycles. The topological polar surface area (TPSA) is 86.8 Å². The molecular weight excluding hydrogens is 263 g/mol. The molecule has 0 aromatic carbocycles. The van der Waals surface area contributed by atoms with E-state index in [0.29, 0.717) is 22.8 Å². The van der Waals surface area contributed by atoms with Gasteiger partial charge in [0.2, 0.25) is 5.72 Å². The number of aliphatic carboxylic acids is 1. The standard InChI is InChI=1S/C6H12BrClN2O3/c7-10(8)6(13,5(11)12)3-1-2-4-9/h13H,1-4,9H2,(H,11,12)/t6-/m1/s1. The number of nitrogens with two attached hydrogens (primary N) is 1. The van der Waals surface area contributed by atoms with Crippen molar-refractivity contribution >= 4 is 33.9 Å². The Balaban J connectivity index is 4.17. The molecule has 0 radical (unpaired) electrons. The molecule has 0 aliphatic carbocycles. The molecule has 1 atom stereocenters. The Morgan fingerprint density at radius 1 is 1.62 bits per heavy atom. The Morgan fingerprint density at radius 3 is 2.46 bits per heavy atom. The summed E-state index contributed by atoms with van der Waals surface area (Å²) in [4.78, 5) is 10.6. The Morgan fingerprint density at radius 2 is 2.15 bits per heavy atom. The molecule has 7 heteroatoms. The lowest BCUT2D eigenvalue weighted by molar-refractivity contribution is -0.166. The zero-order valence-electron chi connectivity index (χ0n) is 6.91. The van der Waals surface area contributed by atoms with Crippen LogP contribution in [-0.4, -0.2) is 31.9 Å². The van der Waals surface area contributed by atoms with E-state index in [1.165, 1.54) is 0 Å². The molecule has 0 saturated heterocycles. The molecular formula is C6H12BrClN2O3. The van der Waals surface area contributed by atoms with E-state index in [4.69, 9.17) is 22.6 Å². The molecule has 0 heterocycles. The average molecular weight is 276 g/mol. The highest BCUT2D eigenvalue weighted by atomic mass is 79.9. The lowest BCUT2D eigenvalue weighted by atomic mass is 10.1. The summed E-state index contributed by atoms with van der Waals surface area (Å²) in [5.74, 6) is -1.39. The molecule has 0 rings (SSSR count). The number of nitrogens with zero attached hydrogens (tertiary/aromatic N) is 1. The van der Waals surface area contributed by atoms with Crippen LogP contribution in [0.5, 0.6) is 0 Å². The maximum absolute atomic E-state index is 10.6. The summed E-state index contributed by atoms with van der Waals surface area (Å²) in [5.41, 5.74) is 3.15. The van der Waals surface area contributed by atoms with E-state index in [9.17, 15) is 9.90 Å². The summed E-state index contributed by atoms with van der Waals surface area (Å²) in [6.45, 7) is 0.459. The van der Waals surface area contributed by atoms with E-state index in [1.807, 2.05) is 0 Å². The van der Waals surface area contributed by atoms with Gasteiger partial charge in [-0.2, -0.15) is 0 Å². The summed E-state index contributed by atoms with van der Waals surface area (Å²) in [6, 6.07) is 0. The number of carboxylic acids is 1. The van der Waals surface area contributed by atoms with Crippen LogP contribution in [0.3, 0.4) is 0 Å². The lowest BCUT2D eigenvalue weighted by Gasteiger charge is -2.25. The van der Waals surface area contributed by atoms with Crippen molar-refractivity contribution < 1.29 is 15.0 Å². The van der Waals surface area contributed by atoms with Gasteiger partial charge in [0, 0.05) is 22.6 Å². The fourth-order valence-corrected chi connectivity index (χ4v) is 1.27. The molecule has 0 amide bonds. The Kier molecular flexibility index (Phi) is 5.82. The fraction of sp³-hybridized carbons (Fsp3) is 0.833. The molecule has 0 aromatic rings. The van der Waals surface area contributed by atoms with Gasteiger partial charge in [0.05, 0.1) is 0 Å². The number of carbonyl (C=O) groups is 1. The lowest BCUT2D eigenvalue weighted by Crippen LogP contribution is -2.46. The molecule has 0 aliphatic heterocycles. The number of rotatable bonds is 6. The van der Waals surface area contributed by atoms with Crippen molar-refractivity contribution in [3.05, 3.63) is 0 Å². The van der Waals surface area contributed by atoms with Gasteiger partial charge in [-0.05, 0) is 31.2 Å². The second-order valence-electron chi connectivity index (χ2n) is 2.60. The Labute approximate surface area is 89.9 Å². The number of halogens is 2. The van der Waals surface area contributed by atoms with Crippen LogP contribution in [0.4, 0.5) is 0 Å². The van der Waals surface area contributed by atoms with E-state index in [0.717, 1.165) is 0 Å². The zero-order valence-corrected chi connectivity index (χ0v) is 9.25. The zero-order chi connectivity index (χ0) is 10.5. The van der Waals surface area contributed by atoms with Gasteiger partial charge in [-0.3, -0.25) is 0 Å². The third-order valence-corrected chi connectivity index (χ3v) is 2.47. The Hall–Kier alpha value is 0.120. The van der Waals surface area contributed by atoms with Gasteiger partial charge in [0.1, 0.15) is 0 Å². The first-order valence-electron chi connectivity index (χ1n) is 3.72. The fourth-order valence-electron chi connectivity index (χ4n) is 0.780. The summed E-state index contributed by atoms with van der Waals surface area (Å²) in [7, 11) is 0. The van der Waals surface area contributed by atoms with Crippen LogP contribution in [0.25, 0.3) is 0 Å². The predicted octanol–water partition coefficient (Wildman–Crippen LogP) is 0.654. The molecule has 4 N–H and O–H groups in total. The highest BCUT2D eigenvalue weighted by Gasteiger charge is 2.40. The van der Waals surface area contributed by atoms with Gasteiger partial charge in [-0.25, -0.2) is 4.79 Å². The molecule has 0 fully saturated rings. The number of hydrogen-bond acceptors (Lipinski definition) is 4. The van der Waals surface area contributed by atoms with E-state index < -0.39 is 11.7 Å². The van der Waals surface area contributed by atoms with E-state index in [2.05, 4.69) is 16.1 Å². The number of hydrogen-bond donors (Lipinski definition) is 3. The van der Waals surface area contributed by atoms with Crippen LogP contribution in [0.15, 0.2) is 0 Å². The van der Waals surface area contributed by atoms with Gasteiger partial charge in [0.25, 0.3) is 0 Å². The Bertz CT molecular complexity index is 181. The van der Waals surface area contributed by atoms with Crippen LogP contribution < -0.4 is 5.73 Å². The van der Waals surface area contributed by atoms with Crippen LogP contribution in [0.1, 0.15) is 19.3 Å². The largest absolute Gasteiger partial charge is 0.478 e. The minimum atomic E-state index is -2.07. The van der Waals surface area contributed by atoms with E-state index in [1.54, 1.807) is 0 Å². The highest BCUT2D eigenvalue weighted by Crippen LogP contribution is 2.25. The summed E-state index contributed by atoms with van der Waals surface area (Å²) in [5, 5.41) is 18.2. The van der Waals surface area contributed by atoms with Crippen molar-refractivity contribution in [1.82, 2.24) is 3.45 Å². The molecule has 0 unspecified atom stereocenters. The SMILES string of the molecule is NCCCC[C@@](O)(C(=O)O)N(Cl)Br. The van der Waals surface area contributed by atoms with Gasteiger partial charge < -0.3 is 15.9 Å². The summed E-state index contributed by atoms with van der Waals surface area (Å²) in [6.07, 6.45) is 1.16. The maximum atomic E-state index is 10.6. The molecule has 13 heavy (non-hydrogen) atoms. The quantitative estimate of drug-likeness (QED) is 0.376. The van der Waals surface area contributed by atoms with E-state index >= 15 is 0 Å². The van der Waals surface area contributed by atoms with Crippen LogP contribution in [-0.2, 0) is 4.79 Å². The first kappa shape index (κ1) is 13.1. The van der Waals surface area contributed by atoms with Crippen molar-refractivity contribution in [2.45, 2.75) is 25.0 Å². The van der Waals surface area contributed by atoms with Gasteiger partial charge in [-0.15, -0.1) is 3.45 Å². The van der Waals surface area contributed by atoms with Crippen molar-refractivity contribution in [3.63, 3.8) is 0 Å².